The van der Waals surface area contributed by atoms with Gasteiger partial charge >= 0.3 is 5.69 Å². The lowest BCUT2D eigenvalue weighted by Crippen LogP contribution is -3.13. The maximum atomic E-state index is 12.9. The summed E-state index contributed by atoms with van der Waals surface area (Å²) in [7, 11) is 3.21. The molecule has 2 aromatic heterocycles. The number of nitrogens with one attached hydrogen (secondary N) is 1. The van der Waals surface area contributed by atoms with Crippen LogP contribution in [0.2, 0.25) is 5.02 Å². The van der Waals surface area contributed by atoms with Crippen molar-refractivity contribution in [2.45, 2.75) is 32.9 Å². The van der Waals surface area contributed by atoms with E-state index in [1.165, 1.54) is 21.1 Å². The first-order chi connectivity index (χ1) is 14.9. The number of halogens is 1. The molecule has 3 aromatic rings. The van der Waals surface area contributed by atoms with Gasteiger partial charge in [0, 0.05) is 31.4 Å². The van der Waals surface area contributed by atoms with Gasteiger partial charge in [0.05, 0.1) is 26.2 Å². The number of piperazine rings is 1. The number of rotatable bonds is 6. The second kappa shape index (κ2) is 8.88. The zero-order valence-corrected chi connectivity index (χ0v) is 19.2. The monoisotopic (exact) mass is 445 g/mol. The molecule has 0 aliphatic carbocycles. The number of benzene rings is 1. The van der Waals surface area contributed by atoms with E-state index in [2.05, 4.69) is 17.9 Å². The van der Waals surface area contributed by atoms with Gasteiger partial charge in [-0.1, -0.05) is 31.0 Å². The summed E-state index contributed by atoms with van der Waals surface area (Å²) in [5.41, 5.74) is 1.56. The molecule has 1 aromatic carbocycles. The Morgan fingerprint density at radius 2 is 1.87 bits per heavy atom. The van der Waals surface area contributed by atoms with E-state index in [4.69, 9.17) is 16.6 Å². The molecule has 31 heavy (non-hydrogen) atoms. The van der Waals surface area contributed by atoms with Crippen molar-refractivity contribution in [3.05, 3.63) is 56.0 Å². The van der Waals surface area contributed by atoms with Crippen molar-refractivity contribution in [3.8, 4) is 0 Å². The van der Waals surface area contributed by atoms with Crippen LogP contribution in [0.25, 0.3) is 11.2 Å². The van der Waals surface area contributed by atoms with Gasteiger partial charge in [0.25, 0.3) is 5.56 Å². The molecule has 1 saturated heterocycles. The van der Waals surface area contributed by atoms with Crippen molar-refractivity contribution in [3.63, 3.8) is 0 Å². The molecule has 1 aliphatic rings. The van der Waals surface area contributed by atoms with Crippen LogP contribution < -0.4 is 21.0 Å². The fraction of sp³-hybridized carbons (Fsp3) is 0.500. The van der Waals surface area contributed by atoms with Gasteiger partial charge in [0.1, 0.15) is 6.54 Å². The lowest BCUT2D eigenvalue weighted by atomic mass is 10.2. The zero-order chi connectivity index (χ0) is 22.1. The first-order valence-electron chi connectivity index (χ1n) is 10.9. The number of hydrogen-bond donors (Lipinski definition) is 1. The Labute approximate surface area is 186 Å². The van der Waals surface area contributed by atoms with Gasteiger partial charge < -0.3 is 14.4 Å². The Balaban J connectivity index is 1.60. The van der Waals surface area contributed by atoms with Crippen LogP contribution in [-0.4, -0.2) is 44.9 Å². The summed E-state index contributed by atoms with van der Waals surface area (Å²) in [5, 5.41) is 0.754. The molecule has 8 nitrogen and oxygen atoms in total. The lowest BCUT2D eigenvalue weighted by molar-refractivity contribution is -0.915. The van der Waals surface area contributed by atoms with Crippen molar-refractivity contribution >= 4 is 28.5 Å². The van der Waals surface area contributed by atoms with E-state index in [9.17, 15) is 9.59 Å². The highest BCUT2D eigenvalue weighted by molar-refractivity contribution is 6.30. The molecular formula is C22H30ClN6O2+. The van der Waals surface area contributed by atoms with Crippen molar-refractivity contribution in [2.75, 3.05) is 31.1 Å². The predicted molar refractivity (Wildman–Crippen MR) is 123 cm³/mol. The molecule has 0 bridgehead atoms. The number of aryl methyl sites for hydroxylation is 2. The molecule has 0 amide bonds. The molecule has 3 heterocycles. The van der Waals surface area contributed by atoms with E-state index < -0.39 is 0 Å². The average molecular weight is 446 g/mol. The summed E-state index contributed by atoms with van der Waals surface area (Å²) in [6, 6.07) is 7.98. The summed E-state index contributed by atoms with van der Waals surface area (Å²) < 4.78 is 4.69. The Morgan fingerprint density at radius 1 is 1.13 bits per heavy atom. The lowest BCUT2D eigenvalue weighted by Gasteiger charge is -2.33. The van der Waals surface area contributed by atoms with Gasteiger partial charge in [-0.05, 0) is 24.6 Å². The van der Waals surface area contributed by atoms with Crippen LogP contribution in [0.15, 0.2) is 33.9 Å². The van der Waals surface area contributed by atoms with Gasteiger partial charge in [0.2, 0.25) is 0 Å². The van der Waals surface area contributed by atoms with E-state index in [-0.39, 0.29) is 11.2 Å². The Kier molecular flexibility index (Phi) is 6.20. The van der Waals surface area contributed by atoms with Crippen molar-refractivity contribution in [1.82, 2.24) is 18.7 Å². The van der Waals surface area contributed by atoms with Crippen LogP contribution in [0.4, 0.5) is 5.69 Å². The quantitative estimate of drug-likeness (QED) is 0.609. The first-order valence-corrected chi connectivity index (χ1v) is 11.3. The Morgan fingerprint density at radius 3 is 2.55 bits per heavy atom. The fourth-order valence-corrected chi connectivity index (χ4v) is 4.52. The van der Waals surface area contributed by atoms with Crippen LogP contribution in [0.1, 0.15) is 25.6 Å². The largest absolute Gasteiger partial charge is 0.360 e. The number of hydrogen-bond acceptors (Lipinski definition) is 4. The smallest absolute Gasteiger partial charge is 0.332 e. The third-order valence-electron chi connectivity index (χ3n) is 6.21. The number of nitrogens with zero attached hydrogens (tertiary/aromatic N) is 5. The summed E-state index contributed by atoms with van der Waals surface area (Å²) in [6.45, 7) is 7.42. The molecule has 1 fully saturated rings. The minimum absolute atomic E-state index is 0.270. The van der Waals surface area contributed by atoms with E-state index >= 15 is 0 Å². The molecule has 0 saturated carbocycles. The molecule has 0 spiro atoms. The molecule has 0 unspecified atom stereocenters. The van der Waals surface area contributed by atoms with E-state index in [0.717, 1.165) is 68.6 Å². The minimum Gasteiger partial charge on any atom is -0.360 e. The third kappa shape index (κ3) is 4.14. The van der Waals surface area contributed by atoms with Crippen LogP contribution >= 0.6 is 11.6 Å². The van der Waals surface area contributed by atoms with Crippen LogP contribution in [0.5, 0.6) is 0 Å². The number of unbranched alkanes of at least 4 members (excludes halogenated alkanes) is 1. The summed E-state index contributed by atoms with van der Waals surface area (Å²) in [4.78, 5) is 33.8. The predicted octanol–water partition coefficient (Wildman–Crippen LogP) is 0.792. The summed E-state index contributed by atoms with van der Waals surface area (Å²) >= 11 is 6.15. The summed E-state index contributed by atoms with van der Waals surface area (Å²) in [6.07, 6.45) is 1.98. The molecule has 0 radical (unpaired) electrons. The molecule has 4 rings (SSSR count). The van der Waals surface area contributed by atoms with Crippen molar-refractivity contribution in [1.29, 1.82) is 0 Å². The average Bonchev–Trinajstić information content (AvgIpc) is 3.13. The number of imidazole rings is 1. The van der Waals surface area contributed by atoms with Crippen molar-refractivity contribution < 1.29 is 4.90 Å². The van der Waals surface area contributed by atoms with Gasteiger partial charge in [0.15, 0.2) is 17.0 Å². The second-order valence-corrected chi connectivity index (χ2v) is 8.74. The van der Waals surface area contributed by atoms with Crippen molar-refractivity contribution in [2.24, 2.45) is 14.1 Å². The standard InChI is InChI=1S/C22H29ClN6O2/c1-4-5-9-29-18(24-20-19(29)21(30)26(3)22(31)25(20)2)15-27-10-12-28(13-11-27)17-8-6-7-16(23)14-17/h6-8,14H,4-5,9-13,15H2,1-3H3/p+1. The van der Waals surface area contributed by atoms with Gasteiger partial charge in [-0.15, -0.1) is 0 Å². The fourth-order valence-electron chi connectivity index (χ4n) is 4.34. The minimum atomic E-state index is -0.341. The number of anilines is 1. The van der Waals surface area contributed by atoms with E-state index in [0.29, 0.717) is 11.2 Å². The van der Waals surface area contributed by atoms with Gasteiger partial charge in [-0.3, -0.25) is 13.9 Å². The van der Waals surface area contributed by atoms with E-state index in [1.54, 1.807) is 7.05 Å². The zero-order valence-electron chi connectivity index (χ0n) is 18.4. The molecular weight excluding hydrogens is 416 g/mol. The SMILES string of the molecule is CCCCn1c(C[NH+]2CCN(c3cccc(Cl)c3)CC2)nc2c1c(=O)n(C)c(=O)n2C. The molecule has 1 aliphatic heterocycles. The topological polar surface area (TPSA) is 69.5 Å². The normalized spacial score (nSPS) is 15.2. The van der Waals surface area contributed by atoms with Gasteiger partial charge in [-0.25, -0.2) is 9.78 Å². The van der Waals surface area contributed by atoms with E-state index in [1.807, 2.05) is 22.8 Å². The number of aromatic nitrogens is 4. The van der Waals surface area contributed by atoms with Crippen LogP contribution in [-0.2, 0) is 27.2 Å². The first kappa shape index (κ1) is 21.6. The highest BCUT2D eigenvalue weighted by atomic mass is 35.5. The third-order valence-corrected chi connectivity index (χ3v) is 6.45. The molecule has 0 atom stereocenters. The molecule has 166 valence electrons. The summed E-state index contributed by atoms with van der Waals surface area (Å²) in [5.74, 6) is 0.882. The second-order valence-electron chi connectivity index (χ2n) is 8.30. The van der Waals surface area contributed by atoms with Crippen LogP contribution in [0.3, 0.4) is 0 Å². The Hall–Kier alpha value is -2.58. The maximum absolute atomic E-state index is 12.9. The highest BCUT2D eigenvalue weighted by Crippen LogP contribution is 2.19. The highest BCUT2D eigenvalue weighted by Gasteiger charge is 2.25. The van der Waals surface area contributed by atoms with Gasteiger partial charge in [-0.2, -0.15) is 0 Å². The maximum Gasteiger partial charge on any atom is 0.332 e. The number of quaternary nitrogens is 1. The molecule has 1 N–H and O–H groups in total. The Bertz CT molecular complexity index is 1200. The van der Waals surface area contributed by atoms with Crippen LogP contribution in [0, 0.1) is 0 Å². The molecule has 9 heteroatoms. The number of fused-ring (bicyclic) bond motifs is 1.